The zero-order valence-electron chi connectivity index (χ0n) is 11.1. The van der Waals surface area contributed by atoms with Crippen molar-refractivity contribution in [2.75, 3.05) is 13.2 Å². The van der Waals surface area contributed by atoms with Gasteiger partial charge in [-0.15, -0.1) is 0 Å². The van der Waals surface area contributed by atoms with Crippen LogP contribution >= 0.6 is 0 Å². The molecule has 2 saturated heterocycles. The summed E-state index contributed by atoms with van der Waals surface area (Å²) in [4.78, 5) is 12.1. The van der Waals surface area contributed by atoms with Crippen LogP contribution in [0.4, 0.5) is 4.39 Å². The third-order valence-electron chi connectivity index (χ3n) is 3.81. The average Bonchev–Trinajstić information content (AvgIpc) is 2.91. The third kappa shape index (κ3) is 2.43. The van der Waals surface area contributed by atoms with Gasteiger partial charge in [0.15, 0.2) is 6.10 Å². The molecule has 0 amide bonds. The van der Waals surface area contributed by atoms with Gasteiger partial charge >= 0.3 is 5.97 Å². The number of carbonyl (C=O) groups excluding carboxylic acids is 1. The number of hydrogen-bond donors (Lipinski definition) is 0. The Balaban J connectivity index is 1.76. The van der Waals surface area contributed by atoms with Crippen LogP contribution in [0, 0.1) is 5.82 Å². The number of rotatable bonds is 2. The van der Waals surface area contributed by atoms with Crippen LogP contribution in [0.1, 0.15) is 36.0 Å². The first-order chi connectivity index (χ1) is 9.71. The number of carbonyl (C=O) groups is 1. The summed E-state index contributed by atoms with van der Waals surface area (Å²) in [7, 11) is 0. The van der Waals surface area contributed by atoms with Crippen LogP contribution in [0.2, 0.25) is 0 Å². The molecule has 2 fully saturated rings. The van der Waals surface area contributed by atoms with Gasteiger partial charge in [-0.25, -0.2) is 9.18 Å². The van der Waals surface area contributed by atoms with Crippen LogP contribution in [-0.4, -0.2) is 31.1 Å². The lowest BCUT2D eigenvalue weighted by atomic mass is 9.99. The van der Waals surface area contributed by atoms with Gasteiger partial charge < -0.3 is 14.2 Å². The first kappa shape index (κ1) is 13.5. The Hall–Kier alpha value is -1.46. The van der Waals surface area contributed by atoms with Crippen molar-refractivity contribution in [2.24, 2.45) is 0 Å². The summed E-state index contributed by atoms with van der Waals surface area (Å²) in [6.45, 7) is 1.21. The maximum Gasteiger partial charge on any atom is 0.341 e. The summed E-state index contributed by atoms with van der Waals surface area (Å²) in [5.41, 5.74) is -0.0498. The quantitative estimate of drug-likeness (QED) is 0.781. The van der Waals surface area contributed by atoms with Crippen LogP contribution < -0.4 is 0 Å². The van der Waals surface area contributed by atoms with E-state index in [-0.39, 0.29) is 5.56 Å². The largest absolute Gasteiger partial charge is 0.453 e. The van der Waals surface area contributed by atoms with Gasteiger partial charge in [0.05, 0.1) is 18.8 Å². The van der Waals surface area contributed by atoms with Crippen LogP contribution in [0.3, 0.4) is 0 Å². The minimum atomic E-state index is -0.820. The summed E-state index contributed by atoms with van der Waals surface area (Å²) >= 11 is 0. The zero-order chi connectivity index (χ0) is 14.0. The van der Waals surface area contributed by atoms with Gasteiger partial charge in [0, 0.05) is 6.42 Å². The second kappa shape index (κ2) is 5.50. The molecule has 108 valence electrons. The summed E-state index contributed by atoms with van der Waals surface area (Å²) in [6.07, 6.45) is 2.61. The first-order valence-corrected chi connectivity index (χ1v) is 6.95. The second-order valence-corrected chi connectivity index (χ2v) is 5.13. The molecule has 0 saturated carbocycles. The minimum absolute atomic E-state index is 0.0498. The summed E-state index contributed by atoms with van der Waals surface area (Å²) in [6, 6.07) is 5.82. The molecule has 0 radical (unpaired) electrons. The average molecular weight is 280 g/mol. The highest BCUT2D eigenvalue weighted by Gasteiger charge is 2.48. The molecule has 2 unspecified atom stereocenters. The number of halogens is 1. The molecule has 1 aromatic carbocycles. The molecular formula is C15H17FO4. The van der Waals surface area contributed by atoms with Crippen molar-refractivity contribution < 1.29 is 23.4 Å². The van der Waals surface area contributed by atoms with Gasteiger partial charge in [-0.05, 0) is 31.4 Å². The topological polar surface area (TPSA) is 44.8 Å². The van der Waals surface area contributed by atoms with Gasteiger partial charge in [-0.2, -0.15) is 0 Å². The normalized spacial score (nSPS) is 29.6. The van der Waals surface area contributed by atoms with Crippen LogP contribution in [-0.2, 0) is 14.2 Å². The maximum absolute atomic E-state index is 13.6. The zero-order valence-corrected chi connectivity index (χ0v) is 11.1. The number of esters is 1. The molecule has 3 rings (SSSR count). The standard InChI is InChI=1S/C15H17FO4/c16-12-6-2-1-5-11(12)14(17)20-13-7-3-9-18-15(13)8-4-10-19-15/h1-2,5-6,13H,3-4,7-10H2. The Morgan fingerprint density at radius 2 is 2.00 bits per heavy atom. The Morgan fingerprint density at radius 1 is 1.25 bits per heavy atom. The Bertz CT molecular complexity index is 496. The van der Waals surface area contributed by atoms with E-state index in [9.17, 15) is 9.18 Å². The molecule has 4 nitrogen and oxygen atoms in total. The van der Waals surface area contributed by atoms with Crippen molar-refractivity contribution in [1.82, 2.24) is 0 Å². The molecular weight excluding hydrogens is 263 g/mol. The molecule has 0 aromatic heterocycles. The predicted molar refractivity (Wildman–Crippen MR) is 68.7 cm³/mol. The fraction of sp³-hybridized carbons (Fsp3) is 0.533. The number of benzene rings is 1. The predicted octanol–water partition coefficient (Wildman–Crippen LogP) is 2.67. The van der Waals surface area contributed by atoms with Crippen molar-refractivity contribution in [1.29, 1.82) is 0 Å². The second-order valence-electron chi connectivity index (χ2n) is 5.13. The van der Waals surface area contributed by atoms with E-state index in [2.05, 4.69) is 0 Å². The van der Waals surface area contributed by atoms with E-state index in [4.69, 9.17) is 14.2 Å². The van der Waals surface area contributed by atoms with Crippen LogP contribution in [0.25, 0.3) is 0 Å². The smallest absolute Gasteiger partial charge is 0.341 e. The van der Waals surface area contributed by atoms with Crippen molar-refractivity contribution in [3.63, 3.8) is 0 Å². The van der Waals surface area contributed by atoms with Gasteiger partial charge in [0.2, 0.25) is 5.79 Å². The van der Waals surface area contributed by atoms with E-state index in [1.165, 1.54) is 18.2 Å². The molecule has 2 atom stereocenters. The molecule has 0 N–H and O–H groups in total. The van der Waals surface area contributed by atoms with E-state index in [1.54, 1.807) is 6.07 Å². The summed E-state index contributed by atoms with van der Waals surface area (Å²) in [5, 5.41) is 0. The lowest BCUT2D eigenvalue weighted by Gasteiger charge is -2.39. The Labute approximate surface area is 116 Å². The van der Waals surface area contributed by atoms with Gasteiger partial charge in [-0.1, -0.05) is 12.1 Å². The highest BCUT2D eigenvalue weighted by molar-refractivity contribution is 5.89. The molecule has 5 heteroatoms. The van der Waals surface area contributed by atoms with Gasteiger partial charge in [-0.3, -0.25) is 0 Å². The van der Waals surface area contributed by atoms with Crippen molar-refractivity contribution in [3.8, 4) is 0 Å². The summed E-state index contributed by atoms with van der Waals surface area (Å²) < 4.78 is 30.4. The first-order valence-electron chi connectivity index (χ1n) is 6.95. The molecule has 2 aliphatic heterocycles. The lowest BCUT2D eigenvalue weighted by Crippen LogP contribution is -2.50. The molecule has 0 aliphatic carbocycles. The molecule has 1 spiro atoms. The van der Waals surface area contributed by atoms with Crippen molar-refractivity contribution in [3.05, 3.63) is 35.6 Å². The third-order valence-corrected chi connectivity index (χ3v) is 3.81. The fourth-order valence-corrected chi connectivity index (χ4v) is 2.80. The fourth-order valence-electron chi connectivity index (χ4n) is 2.80. The molecule has 2 aliphatic rings. The molecule has 1 aromatic rings. The minimum Gasteiger partial charge on any atom is -0.453 e. The monoisotopic (exact) mass is 280 g/mol. The lowest BCUT2D eigenvalue weighted by molar-refractivity contribution is -0.277. The maximum atomic E-state index is 13.6. The SMILES string of the molecule is O=C(OC1CCCOC12CCCO2)c1ccccc1F. The van der Waals surface area contributed by atoms with Crippen molar-refractivity contribution in [2.45, 2.75) is 37.6 Å². The van der Waals surface area contributed by atoms with E-state index in [0.29, 0.717) is 26.1 Å². The summed E-state index contributed by atoms with van der Waals surface area (Å²) in [5.74, 6) is -2.05. The van der Waals surface area contributed by atoms with E-state index < -0.39 is 23.7 Å². The molecule has 0 bridgehead atoms. The van der Waals surface area contributed by atoms with Crippen molar-refractivity contribution >= 4 is 5.97 Å². The number of ether oxygens (including phenoxy) is 3. The number of hydrogen-bond acceptors (Lipinski definition) is 4. The van der Waals surface area contributed by atoms with E-state index in [1.807, 2.05) is 0 Å². The Kier molecular flexibility index (Phi) is 3.72. The van der Waals surface area contributed by atoms with Crippen LogP contribution in [0.15, 0.2) is 24.3 Å². The highest BCUT2D eigenvalue weighted by atomic mass is 19.1. The Morgan fingerprint density at radius 3 is 2.75 bits per heavy atom. The van der Waals surface area contributed by atoms with E-state index in [0.717, 1.165) is 12.8 Å². The van der Waals surface area contributed by atoms with Crippen LogP contribution in [0.5, 0.6) is 0 Å². The molecule has 20 heavy (non-hydrogen) atoms. The van der Waals surface area contributed by atoms with Gasteiger partial charge in [0.25, 0.3) is 0 Å². The highest BCUT2D eigenvalue weighted by Crippen LogP contribution is 2.37. The van der Waals surface area contributed by atoms with Gasteiger partial charge in [0.1, 0.15) is 5.82 Å². The molecule has 2 heterocycles. The van der Waals surface area contributed by atoms with E-state index >= 15 is 0 Å².